The molecule has 52 heavy (non-hydrogen) atoms. The van der Waals surface area contributed by atoms with Crippen molar-refractivity contribution in [1.29, 1.82) is 0 Å². The lowest BCUT2D eigenvalue weighted by atomic mass is 9.89. The average Bonchev–Trinajstić information content (AvgIpc) is 3.86. The Hall–Kier alpha value is -6.42. The summed E-state index contributed by atoms with van der Waals surface area (Å²) >= 11 is 1.87. The molecular weight excluding hydrogens is 651 g/mol. The van der Waals surface area contributed by atoms with E-state index < -0.39 is 0 Å². The Kier molecular flexibility index (Phi) is 6.22. The van der Waals surface area contributed by atoms with Crippen LogP contribution < -0.4 is 0 Å². The first-order valence-corrected chi connectivity index (χ1v) is 18.5. The van der Waals surface area contributed by atoms with Crippen molar-refractivity contribution in [3.05, 3.63) is 170 Å². The number of hydrogen-bond donors (Lipinski definition) is 0. The summed E-state index contributed by atoms with van der Waals surface area (Å²) in [6.07, 6.45) is 6.11. The molecular formula is C49H31NOS. The Balaban J connectivity index is 1.34. The molecule has 0 bridgehead atoms. The highest BCUT2D eigenvalue weighted by molar-refractivity contribution is 7.26. The van der Waals surface area contributed by atoms with Gasteiger partial charge in [-0.25, -0.2) is 0 Å². The molecule has 0 saturated heterocycles. The highest BCUT2D eigenvalue weighted by atomic mass is 32.1. The van der Waals surface area contributed by atoms with Crippen LogP contribution in [0, 0.1) is 6.92 Å². The highest BCUT2D eigenvalue weighted by Crippen LogP contribution is 2.50. The molecule has 3 aromatic heterocycles. The van der Waals surface area contributed by atoms with Gasteiger partial charge in [0.2, 0.25) is 0 Å². The molecule has 11 aromatic rings. The van der Waals surface area contributed by atoms with Crippen LogP contribution in [-0.2, 0) is 0 Å². The second kappa shape index (κ2) is 11.0. The monoisotopic (exact) mass is 681 g/mol. The lowest BCUT2D eigenvalue weighted by molar-refractivity contribution is 0.671. The Bertz CT molecular complexity index is 3330. The summed E-state index contributed by atoms with van der Waals surface area (Å²) in [7, 11) is 0. The molecule has 0 unspecified atom stereocenters. The van der Waals surface area contributed by atoms with E-state index in [0.717, 1.165) is 38.8 Å². The summed E-state index contributed by atoms with van der Waals surface area (Å²) in [6.45, 7) is 6.32. The van der Waals surface area contributed by atoms with Crippen molar-refractivity contribution < 1.29 is 4.42 Å². The number of thiophene rings is 1. The lowest BCUT2D eigenvalue weighted by Crippen LogP contribution is -1.98. The summed E-state index contributed by atoms with van der Waals surface area (Å²) < 4.78 is 12.1. The smallest absolute Gasteiger partial charge is 0.160 e. The van der Waals surface area contributed by atoms with E-state index in [2.05, 4.69) is 164 Å². The van der Waals surface area contributed by atoms with Gasteiger partial charge in [0.1, 0.15) is 5.58 Å². The topological polar surface area (TPSA) is 18.1 Å². The van der Waals surface area contributed by atoms with Gasteiger partial charge >= 0.3 is 0 Å². The minimum Gasteiger partial charge on any atom is -0.454 e. The van der Waals surface area contributed by atoms with E-state index in [9.17, 15) is 0 Å². The van der Waals surface area contributed by atoms with Crippen LogP contribution in [0.3, 0.4) is 0 Å². The van der Waals surface area contributed by atoms with Crippen molar-refractivity contribution in [1.82, 2.24) is 4.57 Å². The first kappa shape index (κ1) is 29.3. The first-order valence-electron chi connectivity index (χ1n) is 17.7. The Morgan fingerprint density at radius 3 is 2.00 bits per heavy atom. The van der Waals surface area contributed by atoms with Crippen LogP contribution in [0.1, 0.15) is 11.3 Å². The van der Waals surface area contributed by atoms with Gasteiger partial charge in [0, 0.05) is 58.5 Å². The minimum absolute atomic E-state index is 0.891. The van der Waals surface area contributed by atoms with E-state index in [1.165, 1.54) is 74.6 Å². The van der Waals surface area contributed by atoms with Gasteiger partial charge in [-0.3, -0.25) is 0 Å². The quantitative estimate of drug-likeness (QED) is 0.134. The van der Waals surface area contributed by atoms with Gasteiger partial charge in [-0.2, -0.15) is 0 Å². The van der Waals surface area contributed by atoms with E-state index in [4.69, 9.17) is 4.42 Å². The number of nitrogens with zero attached hydrogens (tertiary/aromatic N) is 1. The van der Waals surface area contributed by atoms with Crippen LogP contribution in [0.4, 0.5) is 0 Å². The third-order valence-corrected chi connectivity index (χ3v) is 12.1. The molecule has 11 rings (SSSR count). The third kappa shape index (κ3) is 3.94. The SMILES string of the molecule is C=C/C=C\c1c(C)c2c3c4ccccc4c4ccccc4c3c3c4ccccc4oc3c2n1-c1cccc(-c2cccc3c2sc2ccccc23)c1. The number of fused-ring (bicyclic) bond motifs is 16. The maximum absolute atomic E-state index is 7.01. The molecule has 244 valence electrons. The molecule has 3 heteroatoms. The normalized spacial score (nSPS) is 12.3. The van der Waals surface area contributed by atoms with E-state index in [0.29, 0.717) is 0 Å². The predicted molar refractivity (Wildman–Crippen MR) is 225 cm³/mol. The number of aryl methyl sites for hydroxylation is 1. The average molecular weight is 682 g/mol. The molecule has 0 amide bonds. The molecule has 0 saturated carbocycles. The number of para-hydroxylation sites is 1. The Morgan fingerprint density at radius 2 is 1.23 bits per heavy atom. The molecule has 0 atom stereocenters. The molecule has 0 aliphatic heterocycles. The van der Waals surface area contributed by atoms with Crippen molar-refractivity contribution in [3.63, 3.8) is 0 Å². The van der Waals surface area contributed by atoms with Crippen LogP contribution in [-0.4, -0.2) is 4.57 Å². The van der Waals surface area contributed by atoms with Gasteiger partial charge < -0.3 is 8.98 Å². The number of furan rings is 1. The molecule has 0 aliphatic rings. The zero-order valence-electron chi connectivity index (χ0n) is 28.5. The molecule has 8 aromatic carbocycles. The predicted octanol–water partition coefficient (Wildman–Crippen LogP) is 14.5. The molecule has 0 N–H and O–H groups in total. The second-order valence-electron chi connectivity index (χ2n) is 13.6. The van der Waals surface area contributed by atoms with Crippen LogP contribution in [0.15, 0.2) is 163 Å². The van der Waals surface area contributed by atoms with Gasteiger partial charge in [-0.05, 0) is 75.5 Å². The zero-order valence-corrected chi connectivity index (χ0v) is 29.3. The van der Waals surface area contributed by atoms with E-state index in [1.807, 2.05) is 23.5 Å². The number of rotatable bonds is 4. The summed E-state index contributed by atoms with van der Waals surface area (Å²) in [6, 6.07) is 50.7. The zero-order chi connectivity index (χ0) is 34.5. The first-order chi connectivity index (χ1) is 25.7. The van der Waals surface area contributed by atoms with Gasteiger partial charge in [0.25, 0.3) is 0 Å². The van der Waals surface area contributed by atoms with Crippen LogP contribution in [0.2, 0.25) is 0 Å². The molecule has 0 spiro atoms. The van der Waals surface area contributed by atoms with E-state index in [1.54, 1.807) is 0 Å². The van der Waals surface area contributed by atoms with E-state index in [-0.39, 0.29) is 0 Å². The molecule has 0 fully saturated rings. The van der Waals surface area contributed by atoms with Crippen LogP contribution >= 0.6 is 11.3 Å². The molecule has 3 heterocycles. The highest BCUT2D eigenvalue weighted by Gasteiger charge is 2.26. The molecule has 0 radical (unpaired) electrons. The molecule has 2 nitrogen and oxygen atoms in total. The lowest BCUT2D eigenvalue weighted by Gasteiger charge is -2.15. The number of hydrogen-bond acceptors (Lipinski definition) is 2. The summed E-state index contributed by atoms with van der Waals surface area (Å²) in [4.78, 5) is 0. The van der Waals surface area contributed by atoms with Crippen molar-refractivity contribution in [3.8, 4) is 16.8 Å². The van der Waals surface area contributed by atoms with Crippen LogP contribution in [0.25, 0.3) is 108 Å². The van der Waals surface area contributed by atoms with E-state index >= 15 is 0 Å². The van der Waals surface area contributed by atoms with Crippen molar-refractivity contribution in [2.45, 2.75) is 6.92 Å². The van der Waals surface area contributed by atoms with Crippen LogP contribution in [0.5, 0.6) is 0 Å². The Labute approximate surface area is 303 Å². The summed E-state index contributed by atoms with van der Waals surface area (Å²) in [5, 5.41) is 13.6. The van der Waals surface area contributed by atoms with Gasteiger partial charge in [0.05, 0.1) is 5.52 Å². The second-order valence-corrected chi connectivity index (χ2v) is 14.7. The maximum Gasteiger partial charge on any atom is 0.160 e. The fraction of sp³-hybridized carbons (Fsp3) is 0.0204. The standard InChI is InChI=1S/C49H31NOS/c1-3-4-25-40-29(2)43-44-36-20-7-5-17-33(36)34-18-6-8-21-37(34)45(44)46-39-22-9-11-26-41(39)51-48(46)47(43)50(40)31-16-13-15-30(28-31)32-23-14-24-38-35-19-10-12-27-42(35)52-49(32)38/h3-28H,1H2,2H3/b25-4-. The summed E-state index contributed by atoms with van der Waals surface area (Å²) in [5.74, 6) is 0. The summed E-state index contributed by atoms with van der Waals surface area (Å²) in [5.41, 5.74) is 8.71. The Morgan fingerprint density at radius 1 is 0.596 bits per heavy atom. The van der Waals surface area contributed by atoms with Crippen molar-refractivity contribution >= 4 is 103 Å². The van der Waals surface area contributed by atoms with Gasteiger partial charge in [-0.15, -0.1) is 11.3 Å². The number of benzene rings is 8. The van der Waals surface area contributed by atoms with Gasteiger partial charge in [0.15, 0.2) is 5.58 Å². The third-order valence-electron chi connectivity index (χ3n) is 10.9. The fourth-order valence-electron chi connectivity index (χ4n) is 8.76. The van der Waals surface area contributed by atoms with Gasteiger partial charge in [-0.1, -0.05) is 134 Å². The largest absolute Gasteiger partial charge is 0.454 e. The molecule has 0 aliphatic carbocycles. The minimum atomic E-state index is 0.891. The van der Waals surface area contributed by atoms with Crippen molar-refractivity contribution in [2.24, 2.45) is 0 Å². The fourth-order valence-corrected chi connectivity index (χ4v) is 10.00. The number of allylic oxidation sites excluding steroid dienone is 2. The number of aromatic nitrogens is 1. The maximum atomic E-state index is 7.01. The van der Waals surface area contributed by atoms with Crippen molar-refractivity contribution in [2.75, 3.05) is 0 Å².